The van der Waals surface area contributed by atoms with Gasteiger partial charge in [-0.1, -0.05) is 48.8 Å². The number of aryl methyl sites for hydroxylation is 2. The van der Waals surface area contributed by atoms with E-state index >= 15 is 0 Å². The van der Waals surface area contributed by atoms with Crippen LogP contribution >= 0.6 is 0 Å². The van der Waals surface area contributed by atoms with E-state index in [0.29, 0.717) is 22.2 Å². The maximum Gasteiger partial charge on any atom is 0.366 e. The van der Waals surface area contributed by atoms with E-state index in [1.165, 1.54) is 6.07 Å². The fraction of sp³-hybridized carbons (Fsp3) is 0.333. The van der Waals surface area contributed by atoms with Crippen molar-refractivity contribution in [2.45, 2.75) is 46.1 Å². The van der Waals surface area contributed by atoms with Gasteiger partial charge in [0.2, 0.25) is 5.91 Å². The van der Waals surface area contributed by atoms with Crippen molar-refractivity contribution in [3.8, 4) is 0 Å². The summed E-state index contributed by atoms with van der Waals surface area (Å²) in [4.78, 5) is 37.1. The van der Waals surface area contributed by atoms with Crippen molar-refractivity contribution in [3.05, 3.63) is 69.7 Å². The molecule has 0 spiro atoms. The minimum Gasteiger partial charge on any atom is -0.380 e. The molecule has 1 aromatic heterocycles. The third-order valence-corrected chi connectivity index (χ3v) is 5.59. The number of nitrogens with one attached hydrogen (secondary N) is 1. The van der Waals surface area contributed by atoms with Gasteiger partial charge in [0.15, 0.2) is 0 Å². The van der Waals surface area contributed by atoms with E-state index in [-0.39, 0.29) is 12.8 Å². The molecule has 0 saturated carbocycles. The molecular weight excluding hydrogens is 410 g/mol. The summed E-state index contributed by atoms with van der Waals surface area (Å²) in [5, 5.41) is 18.7. The lowest BCUT2D eigenvalue weighted by Gasteiger charge is -2.33. The molecule has 8 heteroatoms. The Morgan fingerprint density at radius 3 is 2.38 bits per heavy atom. The third-order valence-electron chi connectivity index (χ3n) is 5.59. The number of anilines is 1. The lowest BCUT2D eigenvalue weighted by Crippen LogP contribution is -2.50. The predicted octanol–water partition coefficient (Wildman–Crippen LogP) is 2.62. The summed E-state index contributed by atoms with van der Waals surface area (Å²) in [5.74, 6) is -1.30. The minimum absolute atomic E-state index is 0.00637. The molecule has 2 aromatic carbocycles. The predicted molar refractivity (Wildman–Crippen MR) is 121 cm³/mol. The minimum atomic E-state index is -1.91. The van der Waals surface area contributed by atoms with E-state index in [4.69, 9.17) is 10.3 Å². The SMILES string of the molecule is Cc1ccc(CC(O)(CC(C)(C)C(N)=O)C(=O)Nc2ccc3c(=O)onc(C)c3c2)cc1. The molecule has 0 saturated heterocycles. The van der Waals surface area contributed by atoms with E-state index in [9.17, 15) is 19.5 Å². The van der Waals surface area contributed by atoms with Gasteiger partial charge in [0.05, 0.1) is 11.1 Å². The Morgan fingerprint density at radius 2 is 1.75 bits per heavy atom. The van der Waals surface area contributed by atoms with Crippen LogP contribution in [0.3, 0.4) is 0 Å². The highest BCUT2D eigenvalue weighted by atomic mass is 16.5. The van der Waals surface area contributed by atoms with Gasteiger partial charge in [0.1, 0.15) is 5.60 Å². The molecule has 0 radical (unpaired) electrons. The topological polar surface area (TPSA) is 136 Å². The fourth-order valence-electron chi connectivity index (χ4n) is 3.64. The average Bonchev–Trinajstić information content (AvgIpc) is 2.72. The maximum absolute atomic E-state index is 13.3. The normalized spacial score (nSPS) is 13.5. The van der Waals surface area contributed by atoms with Crippen LogP contribution in [0.15, 0.2) is 51.8 Å². The van der Waals surface area contributed by atoms with Crippen LogP contribution in [0.1, 0.15) is 37.1 Å². The average molecular weight is 437 g/mol. The number of rotatable bonds is 7. The first kappa shape index (κ1) is 23.1. The summed E-state index contributed by atoms with van der Waals surface area (Å²) in [6, 6.07) is 12.1. The summed E-state index contributed by atoms with van der Waals surface area (Å²) in [6.07, 6.45) is -0.180. The fourth-order valence-corrected chi connectivity index (χ4v) is 3.64. The monoisotopic (exact) mass is 437 g/mol. The molecule has 168 valence electrons. The number of hydrogen-bond acceptors (Lipinski definition) is 6. The molecule has 0 aliphatic heterocycles. The summed E-state index contributed by atoms with van der Waals surface area (Å²) in [7, 11) is 0. The Morgan fingerprint density at radius 1 is 1.09 bits per heavy atom. The van der Waals surface area contributed by atoms with Crippen molar-refractivity contribution < 1.29 is 19.2 Å². The van der Waals surface area contributed by atoms with Crippen LogP contribution in [0.5, 0.6) is 0 Å². The first-order chi connectivity index (χ1) is 14.9. The summed E-state index contributed by atoms with van der Waals surface area (Å²) in [5.41, 5.74) is 4.54. The molecule has 8 nitrogen and oxygen atoms in total. The number of aromatic nitrogens is 1. The smallest absolute Gasteiger partial charge is 0.366 e. The van der Waals surface area contributed by atoms with Crippen LogP contribution in [-0.2, 0) is 16.0 Å². The van der Waals surface area contributed by atoms with Crippen LogP contribution < -0.4 is 16.7 Å². The molecule has 0 aliphatic rings. The summed E-state index contributed by atoms with van der Waals surface area (Å²) < 4.78 is 4.72. The van der Waals surface area contributed by atoms with Gasteiger partial charge in [-0.15, -0.1) is 0 Å². The molecule has 2 amide bonds. The molecule has 1 heterocycles. The molecule has 32 heavy (non-hydrogen) atoms. The van der Waals surface area contributed by atoms with Gasteiger partial charge >= 0.3 is 5.63 Å². The number of benzene rings is 2. The van der Waals surface area contributed by atoms with Crippen molar-refractivity contribution in [3.63, 3.8) is 0 Å². The first-order valence-electron chi connectivity index (χ1n) is 10.2. The number of hydrogen-bond donors (Lipinski definition) is 3. The first-order valence-corrected chi connectivity index (χ1v) is 10.2. The zero-order chi connectivity index (χ0) is 23.7. The lowest BCUT2D eigenvalue weighted by molar-refractivity contribution is -0.141. The number of nitrogens with two attached hydrogens (primary N) is 1. The Bertz CT molecular complexity index is 1230. The Kier molecular flexibility index (Phi) is 6.18. The number of fused-ring (bicyclic) bond motifs is 1. The van der Waals surface area contributed by atoms with E-state index in [2.05, 4.69) is 10.5 Å². The second-order valence-electron chi connectivity index (χ2n) is 8.89. The van der Waals surface area contributed by atoms with Crippen LogP contribution in [0, 0.1) is 19.3 Å². The standard InChI is InChI=1S/C24H27N3O5/c1-14-5-7-16(8-6-14)12-24(31,13-23(3,4)21(25)29)22(30)26-17-9-10-18-19(11-17)15(2)27-32-20(18)28/h5-11,31H,12-13H2,1-4H3,(H2,25,29)(H,26,30). The Hall–Kier alpha value is -3.52. The molecule has 4 N–H and O–H groups in total. The Balaban J connectivity index is 1.96. The number of carbonyl (C=O) groups excluding carboxylic acids is 2. The van der Waals surface area contributed by atoms with E-state index < -0.39 is 28.5 Å². The molecule has 0 bridgehead atoms. The summed E-state index contributed by atoms with van der Waals surface area (Å²) in [6.45, 7) is 6.80. The van der Waals surface area contributed by atoms with E-state index in [1.807, 2.05) is 31.2 Å². The number of primary amides is 1. The third kappa shape index (κ3) is 4.86. The van der Waals surface area contributed by atoms with Crippen molar-refractivity contribution in [1.29, 1.82) is 0 Å². The van der Waals surface area contributed by atoms with E-state index in [1.54, 1.807) is 32.9 Å². The van der Waals surface area contributed by atoms with Crippen molar-refractivity contribution in [1.82, 2.24) is 5.16 Å². The second kappa shape index (κ2) is 8.55. The van der Waals surface area contributed by atoms with Gasteiger partial charge in [-0.25, -0.2) is 4.79 Å². The molecule has 3 rings (SSSR count). The zero-order valence-corrected chi connectivity index (χ0v) is 18.6. The zero-order valence-electron chi connectivity index (χ0n) is 18.6. The molecule has 1 atom stereocenters. The number of amides is 2. The second-order valence-corrected chi connectivity index (χ2v) is 8.89. The van der Waals surface area contributed by atoms with Crippen LogP contribution in [0.4, 0.5) is 5.69 Å². The highest BCUT2D eigenvalue weighted by molar-refractivity contribution is 6.00. The van der Waals surface area contributed by atoms with Crippen LogP contribution in [0.25, 0.3) is 10.8 Å². The van der Waals surface area contributed by atoms with Crippen molar-refractivity contribution >= 4 is 28.3 Å². The lowest BCUT2D eigenvalue weighted by atomic mass is 9.76. The number of carbonyl (C=O) groups is 2. The van der Waals surface area contributed by atoms with Crippen molar-refractivity contribution in [2.75, 3.05) is 5.32 Å². The van der Waals surface area contributed by atoms with Gasteiger partial charge in [0.25, 0.3) is 5.91 Å². The van der Waals surface area contributed by atoms with Gasteiger partial charge in [-0.3, -0.25) is 9.59 Å². The highest BCUT2D eigenvalue weighted by Crippen LogP contribution is 2.32. The molecule has 3 aromatic rings. The van der Waals surface area contributed by atoms with Crippen LogP contribution in [-0.4, -0.2) is 27.7 Å². The van der Waals surface area contributed by atoms with Gasteiger partial charge in [0, 0.05) is 22.9 Å². The van der Waals surface area contributed by atoms with Gasteiger partial charge in [-0.05, 0) is 44.0 Å². The molecule has 0 aliphatic carbocycles. The molecule has 1 unspecified atom stereocenters. The van der Waals surface area contributed by atoms with E-state index in [0.717, 1.165) is 11.1 Å². The number of aliphatic hydroxyl groups is 1. The Labute approximate surface area is 185 Å². The quantitative estimate of drug-likeness (QED) is 0.520. The van der Waals surface area contributed by atoms with Crippen molar-refractivity contribution in [2.24, 2.45) is 11.1 Å². The maximum atomic E-state index is 13.3. The molecular formula is C24H27N3O5. The summed E-state index contributed by atoms with van der Waals surface area (Å²) >= 11 is 0. The molecule has 0 fully saturated rings. The van der Waals surface area contributed by atoms with Gasteiger partial charge in [-0.2, -0.15) is 0 Å². The van der Waals surface area contributed by atoms with Crippen LogP contribution in [0.2, 0.25) is 0 Å². The largest absolute Gasteiger partial charge is 0.380 e. The highest BCUT2D eigenvalue weighted by Gasteiger charge is 2.43. The van der Waals surface area contributed by atoms with Gasteiger partial charge < -0.3 is 20.7 Å². The number of nitrogens with zero attached hydrogens (tertiary/aromatic N) is 1.